The van der Waals surface area contributed by atoms with E-state index in [1.54, 1.807) is 0 Å². The lowest BCUT2D eigenvalue weighted by molar-refractivity contribution is -0.332. The van der Waals surface area contributed by atoms with Crippen LogP contribution in [0.15, 0.2) is 60.8 Å². The third-order valence-corrected chi connectivity index (χ3v) is 11.9. The first-order valence-corrected chi connectivity index (χ1v) is 25.9. The summed E-state index contributed by atoms with van der Waals surface area (Å²) in [5.74, 6) is -0.970. The molecule has 0 bridgehead atoms. The SMILES string of the molecule is CCC/C=C/C/C=C/C/C=C/C/C=C/CCCCCC(=O)O[C@H](COC(=O)CCCCCCCCC/C=C/CCCCCC)CO[C@H]1O[C@@H](CO[C@H]2O[C@@H](CO)[C@@H](O)C(O)C2O)[C@@H](O)C(O)C1O. The molecule has 4 unspecified atom stereocenters. The molecule has 7 N–H and O–H groups in total. The molecule has 0 aromatic rings. The maximum absolute atomic E-state index is 13.0. The van der Waals surface area contributed by atoms with E-state index in [0.717, 1.165) is 77.0 Å². The molecule has 2 aliphatic heterocycles. The van der Waals surface area contributed by atoms with Gasteiger partial charge in [0.05, 0.1) is 19.8 Å². The second-order valence-electron chi connectivity index (χ2n) is 18.0. The summed E-state index contributed by atoms with van der Waals surface area (Å²) >= 11 is 0. The molecule has 68 heavy (non-hydrogen) atoms. The summed E-state index contributed by atoms with van der Waals surface area (Å²) in [7, 11) is 0. The fourth-order valence-electron chi connectivity index (χ4n) is 7.67. The van der Waals surface area contributed by atoms with Crippen LogP contribution < -0.4 is 0 Å². The molecule has 0 aliphatic carbocycles. The lowest BCUT2D eigenvalue weighted by Crippen LogP contribution is -2.61. The zero-order valence-electron chi connectivity index (χ0n) is 41.3. The largest absolute Gasteiger partial charge is 0.462 e. The maximum Gasteiger partial charge on any atom is 0.306 e. The van der Waals surface area contributed by atoms with E-state index in [0.29, 0.717) is 12.8 Å². The molecule has 392 valence electrons. The van der Waals surface area contributed by atoms with Crippen LogP contribution in [-0.4, -0.2) is 142 Å². The van der Waals surface area contributed by atoms with Gasteiger partial charge in [-0.3, -0.25) is 9.59 Å². The van der Waals surface area contributed by atoms with E-state index < -0.39 is 99.3 Å². The van der Waals surface area contributed by atoms with E-state index in [9.17, 15) is 45.3 Å². The third-order valence-electron chi connectivity index (χ3n) is 11.9. The van der Waals surface area contributed by atoms with Gasteiger partial charge in [0.1, 0.15) is 55.4 Å². The van der Waals surface area contributed by atoms with E-state index >= 15 is 0 Å². The monoisotopic (exact) mass is 967 g/mol. The summed E-state index contributed by atoms with van der Waals surface area (Å²) < 4.78 is 33.5. The molecule has 2 heterocycles. The Morgan fingerprint density at radius 3 is 1.47 bits per heavy atom. The molecule has 2 fully saturated rings. The summed E-state index contributed by atoms with van der Waals surface area (Å²) in [4.78, 5) is 25.8. The Morgan fingerprint density at radius 1 is 0.471 bits per heavy atom. The predicted octanol–water partition coefficient (Wildman–Crippen LogP) is 7.27. The van der Waals surface area contributed by atoms with Crippen molar-refractivity contribution in [1.82, 2.24) is 0 Å². The molecule has 0 aromatic carbocycles. The highest BCUT2D eigenvalue weighted by atomic mass is 16.7. The van der Waals surface area contributed by atoms with Gasteiger partial charge in [0, 0.05) is 12.8 Å². The summed E-state index contributed by atoms with van der Waals surface area (Å²) in [6.07, 6.45) is 28.1. The van der Waals surface area contributed by atoms with Gasteiger partial charge in [-0.05, 0) is 77.0 Å². The van der Waals surface area contributed by atoms with Gasteiger partial charge >= 0.3 is 11.9 Å². The van der Waals surface area contributed by atoms with E-state index in [4.69, 9.17) is 28.4 Å². The van der Waals surface area contributed by atoms with Gasteiger partial charge < -0.3 is 64.2 Å². The molecule has 0 saturated carbocycles. The number of rotatable bonds is 39. The zero-order chi connectivity index (χ0) is 49.6. The molecular formula is C53H90O15. The van der Waals surface area contributed by atoms with Gasteiger partial charge in [-0.2, -0.15) is 0 Å². The first kappa shape index (κ1) is 61.3. The number of aliphatic hydroxyl groups is 7. The standard InChI is InChI=1S/C53H90O15/c1-3-5-7-9-11-13-15-17-19-20-22-24-26-28-30-32-34-36-45(56)66-41(38-63-44(55)35-33-31-29-27-25-23-21-18-16-14-12-10-8-6-4-2)39-64-52-51(62)49(60)47(58)43(68-52)40-65-53-50(61)48(59)46(57)42(37-54)67-53/h7,9,13-16,19-20,24,26,41-43,46-54,57-62H,3-6,8,10-12,17-18,21-23,25,27-40H2,1-2H3/b9-7+,15-13+,16-14+,20-19+,26-24+/t41-,42+,43+,46-,47-,48?,49?,50?,51?,52+,53+/m1/s1. The molecule has 15 heteroatoms. The van der Waals surface area contributed by atoms with Gasteiger partial charge in [0.15, 0.2) is 18.7 Å². The molecule has 2 aliphatic rings. The molecule has 0 amide bonds. The van der Waals surface area contributed by atoms with Crippen molar-refractivity contribution in [3.05, 3.63) is 60.8 Å². The normalized spacial score (nSPS) is 26.2. The van der Waals surface area contributed by atoms with Crippen molar-refractivity contribution >= 4 is 11.9 Å². The zero-order valence-corrected chi connectivity index (χ0v) is 41.3. The Kier molecular flexibility index (Phi) is 36.0. The van der Waals surface area contributed by atoms with Crippen molar-refractivity contribution in [1.29, 1.82) is 0 Å². The van der Waals surface area contributed by atoms with E-state index in [1.165, 1.54) is 51.4 Å². The first-order chi connectivity index (χ1) is 33.0. The molecule has 0 radical (unpaired) electrons. The highest BCUT2D eigenvalue weighted by Crippen LogP contribution is 2.26. The average Bonchev–Trinajstić information content (AvgIpc) is 3.33. The quantitative estimate of drug-likeness (QED) is 0.0183. The van der Waals surface area contributed by atoms with Gasteiger partial charge in [-0.1, -0.05) is 139 Å². The molecule has 11 atom stereocenters. The van der Waals surface area contributed by atoms with Crippen LogP contribution in [-0.2, 0) is 38.0 Å². The first-order valence-electron chi connectivity index (χ1n) is 25.9. The highest BCUT2D eigenvalue weighted by molar-refractivity contribution is 5.70. The molecule has 2 rings (SSSR count). The maximum atomic E-state index is 13.0. The van der Waals surface area contributed by atoms with Crippen molar-refractivity contribution in [3.8, 4) is 0 Å². The Bertz CT molecular complexity index is 1420. The predicted molar refractivity (Wildman–Crippen MR) is 261 cm³/mol. The summed E-state index contributed by atoms with van der Waals surface area (Å²) in [6, 6.07) is 0. The molecule has 0 aromatic heterocycles. The minimum Gasteiger partial charge on any atom is -0.462 e. The summed E-state index contributed by atoms with van der Waals surface area (Å²) in [6.45, 7) is 2.46. The number of aliphatic hydroxyl groups excluding tert-OH is 7. The number of hydrogen-bond acceptors (Lipinski definition) is 15. The van der Waals surface area contributed by atoms with E-state index in [1.807, 2.05) is 0 Å². The summed E-state index contributed by atoms with van der Waals surface area (Å²) in [5, 5.41) is 72.1. The highest BCUT2D eigenvalue weighted by Gasteiger charge is 2.47. The van der Waals surface area contributed by atoms with Crippen LogP contribution >= 0.6 is 0 Å². The van der Waals surface area contributed by atoms with Gasteiger partial charge in [0.2, 0.25) is 0 Å². The second kappa shape index (κ2) is 39.9. The number of carbonyl (C=O) groups excluding carboxylic acids is 2. The minimum atomic E-state index is -1.77. The average molecular weight is 967 g/mol. The Balaban J connectivity index is 1.83. The second-order valence-corrected chi connectivity index (χ2v) is 18.0. The van der Waals surface area contributed by atoms with E-state index in [-0.39, 0.29) is 19.4 Å². The third kappa shape index (κ3) is 27.6. The van der Waals surface area contributed by atoms with Crippen LogP contribution in [0.5, 0.6) is 0 Å². The Morgan fingerprint density at radius 2 is 0.912 bits per heavy atom. The van der Waals surface area contributed by atoms with Crippen LogP contribution in [0.4, 0.5) is 0 Å². The van der Waals surface area contributed by atoms with Crippen LogP contribution in [0.3, 0.4) is 0 Å². The Hall–Kier alpha value is -2.80. The van der Waals surface area contributed by atoms with Crippen LogP contribution in [0.2, 0.25) is 0 Å². The topological polar surface area (TPSA) is 231 Å². The molecular weight excluding hydrogens is 877 g/mol. The number of esters is 2. The minimum absolute atomic E-state index is 0.124. The van der Waals surface area contributed by atoms with Crippen LogP contribution in [0.1, 0.15) is 168 Å². The van der Waals surface area contributed by atoms with Crippen molar-refractivity contribution in [2.45, 2.75) is 235 Å². The van der Waals surface area contributed by atoms with Gasteiger partial charge in [-0.15, -0.1) is 0 Å². The molecule has 15 nitrogen and oxygen atoms in total. The van der Waals surface area contributed by atoms with Crippen LogP contribution in [0.25, 0.3) is 0 Å². The number of allylic oxidation sites excluding steroid dienone is 10. The molecule has 0 spiro atoms. The smallest absolute Gasteiger partial charge is 0.306 e. The van der Waals surface area contributed by atoms with Gasteiger partial charge in [-0.25, -0.2) is 0 Å². The van der Waals surface area contributed by atoms with Crippen molar-refractivity contribution < 1.29 is 73.8 Å². The van der Waals surface area contributed by atoms with Crippen molar-refractivity contribution in [2.75, 3.05) is 26.4 Å². The van der Waals surface area contributed by atoms with Gasteiger partial charge in [0.25, 0.3) is 0 Å². The number of ether oxygens (including phenoxy) is 6. The Labute approximate surface area is 407 Å². The fraction of sp³-hybridized carbons (Fsp3) is 0.774. The summed E-state index contributed by atoms with van der Waals surface area (Å²) in [5.41, 5.74) is 0. The van der Waals surface area contributed by atoms with Crippen molar-refractivity contribution in [2.24, 2.45) is 0 Å². The van der Waals surface area contributed by atoms with E-state index in [2.05, 4.69) is 74.6 Å². The number of unbranched alkanes of at least 4 members (excludes halogenated alkanes) is 15. The number of carbonyl (C=O) groups is 2. The lowest BCUT2D eigenvalue weighted by atomic mass is 9.98. The lowest BCUT2D eigenvalue weighted by Gasteiger charge is -2.42. The molecule has 2 saturated heterocycles. The van der Waals surface area contributed by atoms with Crippen LogP contribution in [0, 0.1) is 0 Å². The van der Waals surface area contributed by atoms with Crippen molar-refractivity contribution in [3.63, 3.8) is 0 Å². The number of hydrogen-bond donors (Lipinski definition) is 7. The fourth-order valence-corrected chi connectivity index (χ4v) is 7.67.